The highest BCUT2D eigenvalue weighted by Gasteiger charge is 2.23. The second kappa shape index (κ2) is 20.7. The quantitative estimate of drug-likeness (QED) is 0.113. The summed E-state index contributed by atoms with van der Waals surface area (Å²) in [7, 11) is 0. The van der Waals surface area contributed by atoms with Crippen LogP contribution in [-0.4, -0.2) is 45.0 Å². The van der Waals surface area contributed by atoms with E-state index in [9.17, 15) is 9.59 Å². The number of unbranched alkanes of at least 4 members (excludes halogenated alkanes) is 4. The van der Waals surface area contributed by atoms with Crippen molar-refractivity contribution in [1.82, 2.24) is 5.32 Å². The maximum Gasteiger partial charge on any atom is 0.407 e. The molecule has 1 N–H and O–H groups in total. The maximum absolute atomic E-state index is 12.1. The monoisotopic (exact) mass is 535 g/mol. The highest BCUT2D eigenvalue weighted by Crippen LogP contribution is 2.30. The normalized spacial score (nSPS) is 23.8. The van der Waals surface area contributed by atoms with E-state index in [-0.39, 0.29) is 12.1 Å². The van der Waals surface area contributed by atoms with Crippen LogP contribution in [0.15, 0.2) is 24.7 Å². The first-order chi connectivity index (χ1) is 18.6. The van der Waals surface area contributed by atoms with Crippen molar-refractivity contribution in [2.24, 2.45) is 23.7 Å². The molecule has 2 rings (SSSR count). The van der Waals surface area contributed by atoms with Gasteiger partial charge in [0, 0.05) is 13.0 Å². The Kier molecular flexibility index (Phi) is 17.5. The van der Waals surface area contributed by atoms with Gasteiger partial charge in [0.05, 0.1) is 39.0 Å². The Bertz CT molecular complexity index is 620. The third-order valence-electron chi connectivity index (χ3n) is 7.82. The summed E-state index contributed by atoms with van der Waals surface area (Å²) in [5.41, 5.74) is 0. The van der Waals surface area contributed by atoms with E-state index in [0.717, 1.165) is 96.7 Å². The predicted molar refractivity (Wildman–Crippen MR) is 150 cm³/mol. The Balaban J connectivity index is 1.35. The summed E-state index contributed by atoms with van der Waals surface area (Å²) in [6, 6.07) is 0. The van der Waals surface area contributed by atoms with Crippen LogP contribution in [0.2, 0.25) is 0 Å². The van der Waals surface area contributed by atoms with Crippen LogP contribution in [0.5, 0.6) is 0 Å². The van der Waals surface area contributed by atoms with Gasteiger partial charge in [0.25, 0.3) is 0 Å². The van der Waals surface area contributed by atoms with Crippen molar-refractivity contribution < 1.29 is 28.5 Å². The molecule has 0 radical (unpaired) electrons. The third kappa shape index (κ3) is 15.3. The Morgan fingerprint density at radius 1 is 0.632 bits per heavy atom. The van der Waals surface area contributed by atoms with E-state index in [2.05, 4.69) is 5.32 Å². The molecule has 0 unspecified atom stereocenters. The first-order valence-electron chi connectivity index (χ1n) is 15.1. The number of carbonyl (C=O) groups excluding carboxylic acids is 2. The molecule has 0 aromatic rings. The number of esters is 1. The maximum atomic E-state index is 12.1. The SMILES string of the molecule is C/C=C/OCC1CCC(COC(=O)CCCCCCCNC(=O)OCC2CCC(CO/C=C/C)CC2)CC1. The molecule has 0 heterocycles. The molecule has 1 amide bonds. The van der Waals surface area contributed by atoms with Gasteiger partial charge < -0.3 is 24.3 Å². The molecular weight excluding hydrogens is 482 g/mol. The van der Waals surface area contributed by atoms with E-state index in [1.165, 1.54) is 0 Å². The lowest BCUT2D eigenvalue weighted by atomic mass is 9.83. The van der Waals surface area contributed by atoms with Gasteiger partial charge in [-0.15, -0.1) is 0 Å². The average molecular weight is 536 g/mol. The van der Waals surface area contributed by atoms with E-state index in [4.69, 9.17) is 18.9 Å². The Hall–Kier alpha value is -2.18. The van der Waals surface area contributed by atoms with Crippen LogP contribution in [0, 0.1) is 23.7 Å². The molecule has 2 saturated carbocycles. The zero-order chi connectivity index (χ0) is 27.3. The van der Waals surface area contributed by atoms with Crippen LogP contribution < -0.4 is 5.32 Å². The summed E-state index contributed by atoms with van der Waals surface area (Å²) in [4.78, 5) is 24.0. The predicted octanol–water partition coefficient (Wildman–Crippen LogP) is 7.31. The molecule has 7 heteroatoms. The minimum absolute atomic E-state index is 0.0663. The van der Waals surface area contributed by atoms with Crippen molar-refractivity contribution in [3.05, 3.63) is 24.7 Å². The Labute approximate surface area is 231 Å². The van der Waals surface area contributed by atoms with Gasteiger partial charge in [0.2, 0.25) is 0 Å². The minimum Gasteiger partial charge on any atom is -0.501 e. The second-order valence-corrected chi connectivity index (χ2v) is 11.1. The van der Waals surface area contributed by atoms with Crippen LogP contribution in [0.4, 0.5) is 4.79 Å². The summed E-state index contributed by atoms with van der Waals surface area (Å²) in [6.07, 6.45) is 21.5. The molecule has 218 valence electrons. The molecule has 0 aromatic heterocycles. The van der Waals surface area contributed by atoms with Gasteiger partial charge in [-0.25, -0.2) is 4.79 Å². The molecular formula is C31H53NO6. The first-order valence-corrected chi connectivity index (χ1v) is 15.1. The number of alkyl carbamates (subject to hydrolysis) is 1. The van der Waals surface area contributed by atoms with Crippen molar-refractivity contribution in [1.29, 1.82) is 0 Å². The van der Waals surface area contributed by atoms with Crippen molar-refractivity contribution in [3.8, 4) is 0 Å². The smallest absolute Gasteiger partial charge is 0.407 e. The molecule has 0 atom stereocenters. The number of rotatable bonds is 18. The summed E-state index contributed by atoms with van der Waals surface area (Å²) in [5.74, 6) is 2.14. The minimum atomic E-state index is -0.304. The van der Waals surface area contributed by atoms with Crippen molar-refractivity contribution >= 4 is 12.1 Å². The van der Waals surface area contributed by atoms with Gasteiger partial charge >= 0.3 is 12.1 Å². The molecule has 2 aliphatic carbocycles. The molecule has 0 aromatic carbocycles. The van der Waals surface area contributed by atoms with E-state index in [1.807, 2.05) is 26.0 Å². The summed E-state index contributed by atoms with van der Waals surface area (Å²) in [6.45, 7) is 7.22. The number of carbonyl (C=O) groups is 2. The lowest BCUT2D eigenvalue weighted by Gasteiger charge is -2.27. The largest absolute Gasteiger partial charge is 0.501 e. The fraction of sp³-hybridized carbons (Fsp3) is 0.806. The number of hydrogen-bond acceptors (Lipinski definition) is 6. The first kappa shape index (κ1) is 32.0. The molecule has 0 aliphatic heterocycles. The lowest BCUT2D eigenvalue weighted by Crippen LogP contribution is -2.28. The topological polar surface area (TPSA) is 83.1 Å². The number of hydrogen-bond donors (Lipinski definition) is 1. The second-order valence-electron chi connectivity index (χ2n) is 11.1. The molecule has 7 nitrogen and oxygen atoms in total. The zero-order valence-corrected chi connectivity index (χ0v) is 24.0. The number of ether oxygens (including phenoxy) is 4. The van der Waals surface area contributed by atoms with Crippen molar-refractivity contribution in [2.45, 2.75) is 104 Å². The average Bonchev–Trinajstić information content (AvgIpc) is 2.94. The van der Waals surface area contributed by atoms with Gasteiger partial charge in [0.15, 0.2) is 0 Å². The summed E-state index contributed by atoms with van der Waals surface area (Å²) >= 11 is 0. The van der Waals surface area contributed by atoms with Gasteiger partial charge in [-0.2, -0.15) is 0 Å². The van der Waals surface area contributed by atoms with Crippen LogP contribution in [0.1, 0.15) is 104 Å². The Morgan fingerprint density at radius 3 is 1.61 bits per heavy atom. The summed E-state index contributed by atoms with van der Waals surface area (Å²) in [5, 5.41) is 2.86. The molecule has 0 saturated heterocycles. The molecule has 0 bridgehead atoms. The fourth-order valence-electron chi connectivity index (χ4n) is 5.35. The van der Waals surface area contributed by atoms with Crippen molar-refractivity contribution in [2.75, 3.05) is 33.0 Å². The highest BCUT2D eigenvalue weighted by atomic mass is 16.5. The van der Waals surface area contributed by atoms with Crippen molar-refractivity contribution in [3.63, 3.8) is 0 Å². The van der Waals surface area contributed by atoms with Gasteiger partial charge in [-0.1, -0.05) is 31.4 Å². The number of amides is 1. The fourth-order valence-corrected chi connectivity index (χ4v) is 5.35. The molecule has 0 spiro atoms. The van der Waals surface area contributed by atoms with Gasteiger partial charge in [0.1, 0.15) is 0 Å². The zero-order valence-electron chi connectivity index (χ0n) is 24.0. The van der Waals surface area contributed by atoms with Crippen LogP contribution in [0.25, 0.3) is 0 Å². The van der Waals surface area contributed by atoms with E-state index in [0.29, 0.717) is 49.9 Å². The third-order valence-corrected chi connectivity index (χ3v) is 7.82. The number of allylic oxidation sites excluding steroid dienone is 2. The van der Waals surface area contributed by atoms with E-state index >= 15 is 0 Å². The number of nitrogens with one attached hydrogen (secondary N) is 1. The molecule has 38 heavy (non-hydrogen) atoms. The molecule has 2 fully saturated rings. The standard InChI is InChI=1S/C31H53NO6/c1-3-20-35-22-26-11-15-28(16-12-26)24-37-30(33)10-8-6-5-7-9-19-32-31(34)38-25-29-17-13-27(14-18-29)23-36-21-4-2/h3-4,20-21,26-29H,5-19,22-25H2,1-2H3,(H,32,34)/b20-3+,21-4+. The lowest BCUT2D eigenvalue weighted by molar-refractivity contribution is -0.145. The van der Waals surface area contributed by atoms with Crippen LogP contribution in [-0.2, 0) is 23.7 Å². The van der Waals surface area contributed by atoms with E-state index in [1.54, 1.807) is 12.5 Å². The van der Waals surface area contributed by atoms with Crippen LogP contribution >= 0.6 is 0 Å². The van der Waals surface area contributed by atoms with Crippen LogP contribution in [0.3, 0.4) is 0 Å². The summed E-state index contributed by atoms with van der Waals surface area (Å²) < 4.78 is 22.0. The van der Waals surface area contributed by atoms with Gasteiger partial charge in [-0.05, 0) is 102 Å². The molecule has 2 aliphatic rings. The highest BCUT2D eigenvalue weighted by molar-refractivity contribution is 5.69. The Morgan fingerprint density at radius 2 is 1.08 bits per heavy atom. The van der Waals surface area contributed by atoms with Gasteiger partial charge in [-0.3, -0.25) is 4.79 Å². The van der Waals surface area contributed by atoms with E-state index < -0.39 is 0 Å².